The topological polar surface area (TPSA) is 99.1 Å². The third-order valence-corrected chi connectivity index (χ3v) is 4.63. The van der Waals surface area contributed by atoms with Crippen LogP contribution in [-0.2, 0) is 10.0 Å². The first-order valence-electron chi connectivity index (χ1n) is 6.01. The summed E-state index contributed by atoms with van der Waals surface area (Å²) in [6.07, 6.45) is 0. The number of carbonyl (C=O) groups is 1. The van der Waals surface area contributed by atoms with E-state index in [2.05, 4.69) is 21.4 Å². The maximum absolute atomic E-state index is 12.1. The first-order chi connectivity index (χ1) is 10.4. The average molecular weight is 380 g/mol. The van der Waals surface area contributed by atoms with E-state index < -0.39 is 15.9 Å². The third kappa shape index (κ3) is 3.71. The Labute approximate surface area is 135 Å². The minimum Gasteiger partial charge on any atom is -0.273 e. The number of sulfonamides is 1. The van der Waals surface area contributed by atoms with Crippen LogP contribution in [0, 0.1) is 11.3 Å². The molecule has 2 aromatic rings. The molecule has 0 spiro atoms. The number of hydrogen-bond acceptors (Lipinski definition) is 4. The molecule has 1 amide bonds. The van der Waals surface area contributed by atoms with Crippen molar-refractivity contribution in [2.24, 2.45) is 0 Å². The molecular weight excluding hydrogens is 370 g/mol. The van der Waals surface area contributed by atoms with Gasteiger partial charge in [-0.15, -0.1) is 4.83 Å². The van der Waals surface area contributed by atoms with Crippen LogP contribution < -0.4 is 10.3 Å². The number of halogens is 1. The fourth-order valence-electron chi connectivity index (χ4n) is 1.62. The molecule has 0 fully saturated rings. The molecule has 0 aromatic heterocycles. The Kier molecular flexibility index (Phi) is 4.92. The first kappa shape index (κ1) is 16.2. The van der Waals surface area contributed by atoms with Gasteiger partial charge in [-0.2, -0.15) is 5.26 Å². The summed E-state index contributed by atoms with van der Waals surface area (Å²) in [6.45, 7) is 0. The minimum absolute atomic E-state index is 0.112. The number of carbonyl (C=O) groups excluding carboxylic acids is 1. The van der Waals surface area contributed by atoms with E-state index in [0.29, 0.717) is 4.47 Å². The highest BCUT2D eigenvalue weighted by Gasteiger charge is 2.17. The number of hydrogen-bond donors (Lipinski definition) is 2. The number of nitrogens with one attached hydrogen (secondary N) is 2. The van der Waals surface area contributed by atoms with E-state index in [9.17, 15) is 13.2 Å². The van der Waals surface area contributed by atoms with Crippen molar-refractivity contribution in [1.29, 1.82) is 5.26 Å². The van der Waals surface area contributed by atoms with Crippen LogP contribution >= 0.6 is 15.9 Å². The second-order valence-corrected chi connectivity index (χ2v) is 6.72. The quantitative estimate of drug-likeness (QED) is 0.792. The fourth-order valence-corrected chi connectivity index (χ4v) is 2.97. The molecule has 0 saturated heterocycles. The number of hydrazine groups is 1. The van der Waals surface area contributed by atoms with Crippen molar-refractivity contribution in [2.75, 3.05) is 0 Å². The molecule has 0 radical (unpaired) electrons. The smallest absolute Gasteiger partial charge is 0.267 e. The van der Waals surface area contributed by atoms with Gasteiger partial charge in [0.25, 0.3) is 15.9 Å². The zero-order valence-corrected chi connectivity index (χ0v) is 13.5. The van der Waals surface area contributed by atoms with Gasteiger partial charge >= 0.3 is 0 Å². The number of benzene rings is 2. The molecule has 0 unspecified atom stereocenters. The van der Waals surface area contributed by atoms with Crippen LogP contribution in [-0.4, -0.2) is 14.3 Å². The summed E-state index contributed by atoms with van der Waals surface area (Å²) in [5.74, 6) is -0.604. The van der Waals surface area contributed by atoms with Gasteiger partial charge in [-0.25, -0.2) is 8.42 Å². The molecule has 0 saturated carbocycles. The van der Waals surface area contributed by atoms with Crippen molar-refractivity contribution in [2.45, 2.75) is 4.90 Å². The Morgan fingerprint density at radius 2 is 1.86 bits per heavy atom. The molecule has 22 heavy (non-hydrogen) atoms. The zero-order chi connectivity index (χ0) is 16.2. The summed E-state index contributed by atoms with van der Waals surface area (Å²) in [5, 5.41) is 8.78. The van der Waals surface area contributed by atoms with Crippen molar-refractivity contribution in [3.8, 4) is 6.07 Å². The van der Waals surface area contributed by atoms with Crippen LogP contribution in [0.4, 0.5) is 0 Å². The van der Waals surface area contributed by atoms with E-state index in [0.717, 1.165) is 0 Å². The van der Waals surface area contributed by atoms with E-state index in [1.807, 2.05) is 10.9 Å². The lowest BCUT2D eigenvalue weighted by Gasteiger charge is -2.09. The monoisotopic (exact) mass is 379 g/mol. The molecule has 0 heterocycles. The maximum Gasteiger partial charge on any atom is 0.267 e. The highest BCUT2D eigenvalue weighted by atomic mass is 79.9. The van der Waals surface area contributed by atoms with Crippen molar-refractivity contribution >= 4 is 31.9 Å². The molecule has 0 aliphatic rings. The predicted octanol–water partition coefficient (Wildman–Crippen LogP) is 1.94. The SMILES string of the molecule is N#Cc1cccc(S(=O)(=O)NNC(=O)c2ccccc2Br)c1. The van der Waals surface area contributed by atoms with Crippen LogP contribution in [0.2, 0.25) is 0 Å². The number of nitrogens with zero attached hydrogens (tertiary/aromatic N) is 1. The Bertz CT molecular complexity index is 860. The Morgan fingerprint density at radius 3 is 2.55 bits per heavy atom. The van der Waals surface area contributed by atoms with Gasteiger partial charge in [0.05, 0.1) is 22.1 Å². The lowest BCUT2D eigenvalue weighted by atomic mass is 10.2. The van der Waals surface area contributed by atoms with Crippen molar-refractivity contribution in [3.05, 3.63) is 64.1 Å². The van der Waals surface area contributed by atoms with Gasteiger partial charge in [0.2, 0.25) is 0 Å². The fraction of sp³-hybridized carbons (Fsp3) is 0. The minimum atomic E-state index is -3.96. The number of rotatable bonds is 4. The van der Waals surface area contributed by atoms with Gasteiger partial charge in [-0.05, 0) is 46.3 Å². The number of amides is 1. The highest BCUT2D eigenvalue weighted by molar-refractivity contribution is 9.10. The summed E-state index contributed by atoms with van der Waals surface area (Å²) < 4.78 is 24.7. The van der Waals surface area contributed by atoms with Gasteiger partial charge < -0.3 is 0 Å². The van der Waals surface area contributed by atoms with Crippen LogP contribution in [0.15, 0.2) is 57.9 Å². The average Bonchev–Trinajstić information content (AvgIpc) is 2.53. The number of nitriles is 1. The Hall–Kier alpha value is -2.21. The van der Waals surface area contributed by atoms with Crippen molar-refractivity contribution in [1.82, 2.24) is 10.3 Å². The molecule has 112 valence electrons. The van der Waals surface area contributed by atoms with Crippen LogP contribution in [0.1, 0.15) is 15.9 Å². The van der Waals surface area contributed by atoms with Crippen LogP contribution in [0.5, 0.6) is 0 Å². The van der Waals surface area contributed by atoms with Gasteiger partial charge in [0.1, 0.15) is 0 Å². The molecule has 0 atom stereocenters. The van der Waals surface area contributed by atoms with Gasteiger partial charge in [0.15, 0.2) is 0 Å². The molecule has 6 nitrogen and oxygen atoms in total. The van der Waals surface area contributed by atoms with E-state index in [-0.39, 0.29) is 16.0 Å². The van der Waals surface area contributed by atoms with Crippen molar-refractivity contribution in [3.63, 3.8) is 0 Å². The summed E-state index contributed by atoms with van der Waals surface area (Å²) in [6, 6.07) is 13.9. The second-order valence-electron chi connectivity index (χ2n) is 4.18. The molecule has 2 N–H and O–H groups in total. The molecule has 2 aromatic carbocycles. The van der Waals surface area contributed by atoms with Crippen LogP contribution in [0.3, 0.4) is 0 Å². The Balaban J connectivity index is 2.15. The predicted molar refractivity (Wildman–Crippen MR) is 83.1 cm³/mol. The zero-order valence-electron chi connectivity index (χ0n) is 11.1. The summed E-state index contributed by atoms with van der Waals surface area (Å²) in [5.41, 5.74) is 2.62. The van der Waals surface area contributed by atoms with E-state index in [1.165, 1.54) is 24.3 Å². The lowest BCUT2D eigenvalue weighted by Crippen LogP contribution is -2.41. The maximum atomic E-state index is 12.1. The molecule has 2 rings (SSSR count). The largest absolute Gasteiger partial charge is 0.273 e. The normalized spacial score (nSPS) is 10.7. The summed E-state index contributed by atoms with van der Waals surface area (Å²) in [7, 11) is -3.96. The highest BCUT2D eigenvalue weighted by Crippen LogP contribution is 2.15. The van der Waals surface area contributed by atoms with Crippen molar-refractivity contribution < 1.29 is 13.2 Å². The standard InChI is InChI=1S/C14H10BrN3O3S/c15-13-7-2-1-6-12(13)14(19)17-18-22(20,21)11-5-3-4-10(8-11)9-16/h1-8,18H,(H,17,19). The first-order valence-corrected chi connectivity index (χ1v) is 8.28. The Morgan fingerprint density at radius 1 is 1.14 bits per heavy atom. The van der Waals surface area contributed by atoms with Crippen LogP contribution in [0.25, 0.3) is 0 Å². The van der Waals surface area contributed by atoms with Gasteiger partial charge in [0, 0.05) is 4.47 Å². The molecular formula is C14H10BrN3O3S. The molecule has 0 aliphatic carbocycles. The van der Waals surface area contributed by atoms with E-state index >= 15 is 0 Å². The van der Waals surface area contributed by atoms with Gasteiger partial charge in [-0.3, -0.25) is 10.2 Å². The third-order valence-electron chi connectivity index (χ3n) is 2.69. The van der Waals surface area contributed by atoms with E-state index in [1.54, 1.807) is 24.3 Å². The molecule has 0 aliphatic heterocycles. The second kappa shape index (κ2) is 6.70. The van der Waals surface area contributed by atoms with Gasteiger partial charge in [-0.1, -0.05) is 18.2 Å². The summed E-state index contributed by atoms with van der Waals surface area (Å²) >= 11 is 3.21. The molecule has 0 bridgehead atoms. The lowest BCUT2D eigenvalue weighted by molar-refractivity contribution is 0.0944. The van der Waals surface area contributed by atoms with E-state index in [4.69, 9.17) is 5.26 Å². The molecule has 8 heteroatoms. The summed E-state index contributed by atoms with van der Waals surface area (Å²) in [4.78, 5) is 13.8.